The Morgan fingerprint density at radius 1 is 1.22 bits per heavy atom. The van der Waals surface area contributed by atoms with Crippen LogP contribution < -0.4 is 0 Å². The molecule has 1 aromatic carbocycles. The van der Waals surface area contributed by atoms with E-state index in [1.54, 1.807) is 25.7 Å². The molecule has 9 heteroatoms. The van der Waals surface area contributed by atoms with Gasteiger partial charge in [0.25, 0.3) is 0 Å². The molecule has 0 bridgehead atoms. The van der Waals surface area contributed by atoms with E-state index in [9.17, 15) is 22.8 Å². The van der Waals surface area contributed by atoms with E-state index in [1.807, 2.05) is 6.92 Å². The van der Waals surface area contributed by atoms with Crippen molar-refractivity contribution in [2.45, 2.75) is 59.8 Å². The minimum atomic E-state index is -4.50. The molecule has 1 fully saturated rings. The molecule has 0 N–H and O–H groups in total. The number of nitrogens with zero attached hydrogens (tertiary/aromatic N) is 3. The third-order valence-electron chi connectivity index (χ3n) is 5.65. The highest BCUT2D eigenvalue weighted by molar-refractivity contribution is 5.81. The first-order valence-electron chi connectivity index (χ1n) is 10.8. The first-order chi connectivity index (χ1) is 15.1. The molecule has 1 saturated carbocycles. The number of esters is 1. The lowest BCUT2D eigenvalue weighted by molar-refractivity contribution is -0.144. The lowest BCUT2D eigenvalue weighted by Crippen LogP contribution is -2.31. The van der Waals surface area contributed by atoms with Gasteiger partial charge in [0, 0.05) is 30.3 Å². The van der Waals surface area contributed by atoms with Gasteiger partial charge in [0.1, 0.15) is 6.54 Å². The van der Waals surface area contributed by atoms with Crippen LogP contribution in [0.25, 0.3) is 11.1 Å². The second kappa shape index (κ2) is 9.34. The van der Waals surface area contributed by atoms with E-state index in [0.717, 1.165) is 25.0 Å². The van der Waals surface area contributed by atoms with Crippen molar-refractivity contribution in [3.05, 3.63) is 40.7 Å². The van der Waals surface area contributed by atoms with Crippen LogP contribution in [-0.2, 0) is 33.6 Å². The molecule has 0 saturated heterocycles. The molecule has 1 aliphatic carbocycles. The summed E-state index contributed by atoms with van der Waals surface area (Å²) in [6.07, 6.45) is -2.85. The minimum Gasteiger partial charge on any atom is -0.465 e. The molecule has 1 aliphatic rings. The largest absolute Gasteiger partial charge is 0.465 e. The van der Waals surface area contributed by atoms with Crippen LogP contribution in [-0.4, -0.2) is 39.7 Å². The van der Waals surface area contributed by atoms with Gasteiger partial charge in [-0.05, 0) is 63.8 Å². The minimum absolute atomic E-state index is 0.0256. The average Bonchev–Trinajstić information content (AvgIpc) is 3.52. The summed E-state index contributed by atoms with van der Waals surface area (Å²) in [6.45, 7) is 7.69. The Labute approximate surface area is 185 Å². The fourth-order valence-corrected chi connectivity index (χ4v) is 3.85. The number of aryl methyl sites for hydroxylation is 1. The first-order valence-corrected chi connectivity index (χ1v) is 10.8. The van der Waals surface area contributed by atoms with Crippen LogP contribution in [0.4, 0.5) is 13.2 Å². The van der Waals surface area contributed by atoms with Crippen LogP contribution in [0, 0.1) is 19.8 Å². The molecule has 0 unspecified atom stereocenters. The van der Waals surface area contributed by atoms with E-state index in [0.29, 0.717) is 34.6 Å². The van der Waals surface area contributed by atoms with Gasteiger partial charge in [-0.2, -0.15) is 18.3 Å². The normalized spacial score (nSPS) is 13.8. The average molecular weight is 451 g/mol. The fourth-order valence-electron chi connectivity index (χ4n) is 3.85. The van der Waals surface area contributed by atoms with Crippen LogP contribution in [0.5, 0.6) is 0 Å². The molecule has 1 aromatic heterocycles. The van der Waals surface area contributed by atoms with Gasteiger partial charge in [-0.25, -0.2) is 0 Å². The maximum atomic E-state index is 13.4. The number of rotatable bonds is 8. The van der Waals surface area contributed by atoms with E-state index >= 15 is 0 Å². The number of benzene rings is 1. The lowest BCUT2D eigenvalue weighted by Gasteiger charge is -2.23. The smallest absolute Gasteiger partial charge is 0.416 e. The number of amides is 1. The van der Waals surface area contributed by atoms with E-state index in [1.165, 1.54) is 10.7 Å². The van der Waals surface area contributed by atoms with E-state index in [-0.39, 0.29) is 31.5 Å². The quantitative estimate of drug-likeness (QED) is 0.554. The van der Waals surface area contributed by atoms with Gasteiger partial charge in [0.05, 0.1) is 17.9 Å². The molecular weight excluding hydrogens is 423 g/mol. The van der Waals surface area contributed by atoms with Crippen molar-refractivity contribution in [1.82, 2.24) is 14.7 Å². The van der Waals surface area contributed by atoms with Crippen molar-refractivity contribution in [3.8, 4) is 11.1 Å². The van der Waals surface area contributed by atoms with Crippen molar-refractivity contribution in [1.29, 1.82) is 0 Å². The second-order valence-electron chi connectivity index (χ2n) is 8.00. The summed E-state index contributed by atoms with van der Waals surface area (Å²) in [7, 11) is 0. The standard InChI is InChI=1S/C23H28F3N3O3/c1-5-28(22(31)16-7-8-16)12-17-11-18(23(24,25)26)9-10-19(17)21-14(3)27-29(15(21)4)13-20(30)32-6-2/h9-11,16H,5-8,12-13H2,1-4H3. The number of alkyl halides is 3. The third kappa shape index (κ3) is 5.14. The van der Waals surface area contributed by atoms with Crippen molar-refractivity contribution in [2.75, 3.05) is 13.2 Å². The van der Waals surface area contributed by atoms with E-state index in [2.05, 4.69) is 5.10 Å². The molecule has 6 nitrogen and oxygen atoms in total. The van der Waals surface area contributed by atoms with Crippen LogP contribution in [0.1, 0.15) is 49.2 Å². The monoisotopic (exact) mass is 451 g/mol. The van der Waals surface area contributed by atoms with E-state index < -0.39 is 17.7 Å². The summed E-state index contributed by atoms with van der Waals surface area (Å²) in [4.78, 5) is 26.1. The highest BCUT2D eigenvalue weighted by Gasteiger charge is 2.35. The summed E-state index contributed by atoms with van der Waals surface area (Å²) in [6, 6.07) is 3.58. The zero-order valence-electron chi connectivity index (χ0n) is 18.8. The summed E-state index contributed by atoms with van der Waals surface area (Å²) >= 11 is 0. The van der Waals surface area contributed by atoms with Crippen molar-refractivity contribution in [3.63, 3.8) is 0 Å². The predicted octanol–water partition coefficient (Wildman–Crippen LogP) is 4.51. The molecule has 1 heterocycles. The number of carbonyl (C=O) groups excluding carboxylic acids is 2. The second-order valence-corrected chi connectivity index (χ2v) is 8.00. The Kier molecular flexibility index (Phi) is 6.95. The summed E-state index contributed by atoms with van der Waals surface area (Å²) in [5.41, 5.74) is 2.11. The number of ether oxygens (including phenoxy) is 1. The van der Waals surface area contributed by atoms with Crippen molar-refractivity contribution >= 4 is 11.9 Å². The highest BCUT2D eigenvalue weighted by Crippen LogP contribution is 2.37. The van der Waals surface area contributed by atoms with Crippen LogP contribution in [0.15, 0.2) is 18.2 Å². The highest BCUT2D eigenvalue weighted by atomic mass is 19.4. The van der Waals surface area contributed by atoms with Crippen LogP contribution >= 0.6 is 0 Å². The molecule has 0 atom stereocenters. The molecule has 3 rings (SSSR count). The molecule has 0 aliphatic heterocycles. The van der Waals surface area contributed by atoms with Crippen molar-refractivity contribution in [2.24, 2.45) is 5.92 Å². The van der Waals surface area contributed by atoms with Gasteiger partial charge < -0.3 is 9.64 Å². The molecular formula is C23H28F3N3O3. The molecule has 0 radical (unpaired) electrons. The number of hydrogen-bond acceptors (Lipinski definition) is 4. The molecule has 174 valence electrons. The third-order valence-corrected chi connectivity index (χ3v) is 5.65. The zero-order valence-corrected chi connectivity index (χ0v) is 18.8. The summed E-state index contributed by atoms with van der Waals surface area (Å²) in [5, 5.41) is 4.41. The summed E-state index contributed by atoms with van der Waals surface area (Å²) in [5.74, 6) is -0.494. The van der Waals surface area contributed by atoms with Gasteiger partial charge in [-0.1, -0.05) is 6.07 Å². The Hall–Kier alpha value is -2.84. The first kappa shape index (κ1) is 23.8. The topological polar surface area (TPSA) is 64.4 Å². The van der Waals surface area contributed by atoms with Crippen LogP contribution in [0.3, 0.4) is 0 Å². The Morgan fingerprint density at radius 3 is 2.47 bits per heavy atom. The number of halogens is 3. The predicted molar refractivity (Wildman–Crippen MR) is 113 cm³/mol. The maximum Gasteiger partial charge on any atom is 0.416 e. The Morgan fingerprint density at radius 2 is 1.91 bits per heavy atom. The molecule has 32 heavy (non-hydrogen) atoms. The Bertz CT molecular complexity index is 1010. The van der Waals surface area contributed by atoms with E-state index in [4.69, 9.17) is 4.74 Å². The molecule has 1 amide bonds. The number of aromatic nitrogens is 2. The number of hydrogen-bond donors (Lipinski definition) is 0. The van der Waals surface area contributed by atoms with Gasteiger partial charge in [-0.15, -0.1) is 0 Å². The molecule has 2 aromatic rings. The maximum absolute atomic E-state index is 13.4. The van der Waals surface area contributed by atoms with Gasteiger partial charge in [0.2, 0.25) is 5.91 Å². The van der Waals surface area contributed by atoms with Crippen LogP contribution in [0.2, 0.25) is 0 Å². The zero-order chi connectivity index (χ0) is 23.6. The van der Waals surface area contributed by atoms with Gasteiger partial charge in [0.15, 0.2) is 0 Å². The lowest BCUT2D eigenvalue weighted by atomic mass is 9.95. The summed E-state index contributed by atoms with van der Waals surface area (Å²) < 4.78 is 46.8. The Balaban J connectivity index is 2.05. The SMILES string of the molecule is CCOC(=O)Cn1nc(C)c(-c2ccc(C(F)(F)F)cc2CN(CC)C(=O)C2CC2)c1C. The molecule has 0 spiro atoms. The van der Waals surface area contributed by atoms with Gasteiger partial charge >= 0.3 is 12.1 Å². The van der Waals surface area contributed by atoms with Gasteiger partial charge in [-0.3, -0.25) is 14.3 Å². The fraction of sp³-hybridized carbons (Fsp3) is 0.522. The number of carbonyl (C=O) groups is 2. The van der Waals surface area contributed by atoms with Crippen molar-refractivity contribution < 1.29 is 27.5 Å².